The van der Waals surface area contributed by atoms with Gasteiger partial charge in [0.25, 0.3) is 0 Å². The molecule has 0 heterocycles. The molecule has 0 aromatic heterocycles. The summed E-state index contributed by atoms with van der Waals surface area (Å²) in [5, 5.41) is 9.52. The molecule has 1 unspecified atom stereocenters. The van der Waals surface area contributed by atoms with Gasteiger partial charge in [-0.15, -0.1) is 0 Å². The smallest absolute Gasteiger partial charge is 0.128 e. The zero-order valence-electron chi connectivity index (χ0n) is 14.0. The van der Waals surface area contributed by atoms with E-state index in [9.17, 15) is 5.11 Å². The third kappa shape index (κ3) is 4.81. The number of rotatable bonds is 9. The van der Waals surface area contributed by atoms with Crippen LogP contribution in [-0.2, 0) is 22.0 Å². The number of phenolic OH excluding ortho intramolecular Hbond substituents is 1. The van der Waals surface area contributed by atoms with Gasteiger partial charge in [-0.25, -0.2) is 9.78 Å². The lowest BCUT2D eigenvalue weighted by Gasteiger charge is -2.32. The summed E-state index contributed by atoms with van der Waals surface area (Å²) in [6.45, 7) is 4.62. The molecule has 0 fully saturated rings. The fourth-order valence-corrected chi connectivity index (χ4v) is 2.73. The van der Waals surface area contributed by atoms with Crippen LogP contribution in [0, 0.1) is 0 Å². The van der Waals surface area contributed by atoms with Gasteiger partial charge >= 0.3 is 0 Å². The van der Waals surface area contributed by atoms with Crippen LogP contribution in [0.5, 0.6) is 5.75 Å². The summed E-state index contributed by atoms with van der Waals surface area (Å²) in [6, 6.07) is 17.3. The Morgan fingerprint density at radius 1 is 1.00 bits per heavy atom. The van der Waals surface area contributed by atoms with Gasteiger partial charge in [-0.2, -0.15) is 0 Å². The Hall–Kier alpha value is -1.84. The van der Waals surface area contributed by atoms with Crippen LogP contribution in [0.3, 0.4) is 0 Å². The third-order valence-corrected chi connectivity index (χ3v) is 4.16. The lowest BCUT2D eigenvalue weighted by molar-refractivity contribution is -0.378. The monoisotopic (exact) mass is 314 g/mol. The number of unbranched alkanes of at least 4 members (excludes halogenated alkanes) is 1. The molecule has 2 aromatic rings. The molecule has 3 nitrogen and oxygen atoms in total. The average Bonchev–Trinajstić information content (AvgIpc) is 2.59. The first-order chi connectivity index (χ1) is 11.2. The number of phenols is 1. The van der Waals surface area contributed by atoms with E-state index >= 15 is 0 Å². The highest BCUT2D eigenvalue weighted by atomic mass is 17.2. The van der Waals surface area contributed by atoms with E-state index in [1.807, 2.05) is 24.3 Å². The SMILES string of the molecule is CCCCC(CC)(OOCc1cccc(O)c1)c1ccccc1. The van der Waals surface area contributed by atoms with Gasteiger partial charge in [-0.05, 0) is 36.1 Å². The van der Waals surface area contributed by atoms with Gasteiger partial charge in [0.15, 0.2) is 0 Å². The molecule has 0 radical (unpaired) electrons. The van der Waals surface area contributed by atoms with Crippen LogP contribution in [0.2, 0.25) is 0 Å². The van der Waals surface area contributed by atoms with Gasteiger partial charge in [0.1, 0.15) is 18.0 Å². The van der Waals surface area contributed by atoms with Crippen LogP contribution < -0.4 is 0 Å². The fraction of sp³-hybridized carbons (Fsp3) is 0.400. The molecule has 0 spiro atoms. The maximum absolute atomic E-state index is 9.52. The van der Waals surface area contributed by atoms with Crippen LogP contribution >= 0.6 is 0 Å². The molecule has 124 valence electrons. The van der Waals surface area contributed by atoms with Gasteiger partial charge in [0.05, 0.1) is 0 Å². The molecule has 0 aliphatic carbocycles. The summed E-state index contributed by atoms with van der Waals surface area (Å²) in [7, 11) is 0. The number of benzene rings is 2. The Morgan fingerprint density at radius 2 is 1.78 bits per heavy atom. The minimum absolute atomic E-state index is 0.238. The standard InChI is InChI=1S/C20H26O3/c1-3-5-14-20(4-2,18-11-7-6-8-12-18)23-22-16-17-10-9-13-19(21)15-17/h6-13,15,21H,3-5,14,16H2,1-2H3. The molecule has 0 amide bonds. The van der Waals surface area contributed by atoms with Crippen LogP contribution in [0.15, 0.2) is 54.6 Å². The van der Waals surface area contributed by atoms with Gasteiger partial charge in [0, 0.05) is 0 Å². The largest absolute Gasteiger partial charge is 0.508 e. The molecule has 2 rings (SSSR count). The summed E-state index contributed by atoms with van der Waals surface area (Å²) in [5.41, 5.74) is 1.61. The maximum Gasteiger partial charge on any atom is 0.128 e. The average molecular weight is 314 g/mol. The lowest BCUT2D eigenvalue weighted by atomic mass is 9.86. The van der Waals surface area contributed by atoms with Crippen molar-refractivity contribution in [3.8, 4) is 5.75 Å². The first-order valence-electron chi connectivity index (χ1n) is 8.34. The summed E-state index contributed by atoms with van der Waals surface area (Å²) in [4.78, 5) is 11.5. The second-order valence-electron chi connectivity index (χ2n) is 5.83. The summed E-state index contributed by atoms with van der Waals surface area (Å²) < 4.78 is 0. The highest BCUT2D eigenvalue weighted by molar-refractivity contribution is 5.26. The first-order valence-corrected chi connectivity index (χ1v) is 8.34. The van der Waals surface area contributed by atoms with E-state index in [1.54, 1.807) is 18.2 Å². The van der Waals surface area contributed by atoms with Crippen LogP contribution in [-0.4, -0.2) is 5.11 Å². The van der Waals surface area contributed by atoms with Gasteiger partial charge < -0.3 is 5.11 Å². The van der Waals surface area contributed by atoms with E-state index in [2.05, 4.69) is 26.0 Å². The molecule has 1 N–H and O–H groups in total. The molecule has 23 heavy (non-hydrogen) atoms. The molecule has 0 bridgehead atoms. The molecule has 0 aliphatic rings. The molecular weight excluding hydrogens is 288 g/mol. The van der Waals surface area contributed by atoms with Gasteiger partial charge in [0.2, 0.25) is 0 Å². The zero-order chi connectivity index (χ0) is 16.5. The zero-order valence-corrected chi connectivity index (χ0v) is 14.0. The van der Waals surface area contributed by atoms with Crippen molar-refractivity contribution in [2.45, 2.75) is 51.7 Å². The molecule has 1 atom stereocenters. The van der Waals surface area contributed by atoms with E-state index in [4.69, 9.17) is 9.78 Å². The highest BCUT2D eigenvalue weighted by Gasteiger charge is 2.32. The Kier molecular flexibility index (Phi) is 6.63. The second-order valence-corrected chi connectivity index (χ2v) is 5.83. The number of aromatic hydroxyl groups is 1. The molecule has 0 aliphatic heterocycles. The van der Waals surface area contributed by atoms with Crippen molar-refractivity contribution in [3.05, 3.63) is 65.7 Å². The van der Waals surface area contributed by atoms with Crippen LogP contribution in [0.25, 0.3) is 0 Å². The number of hydrogen-bond donors (Lipinski definition) is 1. The lowest BCUT2D eigenvalue weighted by Crippen LogP contribution is -2.29. The topological polar surface area (TPSA) is 38.7 Å². The van der Waals surface area contributed by atoms with Gasteiger partial charge in [-0.1, -0.05) is 69.2 Å². The summed E-state index contributed by atoms with van der Waals surface area (Å²) in [6.07, 6.45) is 3.96. The fourth-order valence-electron chi connectivity index (χ4n) is 2.73. The molecule has 0 saturated heterocycles. The van der Waals surface area contributed by atoms with Crippen molar-refractivity contribution < 1.29 is 14.9 Å². The van der Waals surface area contributed by atoms with Crippen molar-refractivity contribution in [2.75, 3.05) is 0 Å². The maximum atomic E-state index is 9.52. The molecule has 0 saturated carbocycles. The Bertz CT molecular complexity index is 582. The van der Waals surface area contributed by atoms with Gasteiger partial charge in [-0.3, -0.25) is 0 Å². The molecular formula is C20H26O3. The van der Waals surface area contributed by atoms with E-state index in [1.165, 1.54) is 0 Å². The first kappa shape index (κ1) is 17.5. The predicted octanol–water partition coefficient (Wildman–Crippen LogP) is 5.34. The summed E-state index contributed by atoms with van der Waals surface area (Å²) >= 11 is 0. The van der Waals surface area contributed by atoms with E-state index in [0.717, 1.165) is 36.8 Å². The third-order valence-electron chi connectivity index (χ3n) is 4.16. The predicted molar refractivity (Wildman–Crippen MR) is 91.9 cm³/mol. The van der Waals surface area contributed by atoms with Crippen LogP contribution in [0.1, 0.15) is 50.7 Å². The van der Waals surface area contributed by atoms with Crippen molar-refractivity contribution in [1.82, 2.24) is 0 Å². The van der Waals surface area contributed by atoms with E-state index in [-0.39, 0.29) is 5.75 Å². The Morgan fingerprint density at radius 3 is 2.43 bits per heavy atom. The minimum Gasteiger partial charge on any atom is -0.508 e. The number of hydrogen-bond acceptors (Lipinski definition) is 3. The Labute approximate surface area is 138 Å². The van der Waals surface area contributed by atoms with Crippen molar-refractivity contribution in [2.24, 2.45) is 0 Å². The molecule has 3 heteroatoms. The highest BCUT2D eigenvalue weighted by Crippen LogP contribution is 2.35. The summed E-state index contributed by atoms with van der Waals surface area (Å²) in [5.74, 6) is 0.238. The Balaban J connectivity index is 2.08. The van der Waals surface area contributed by atoms with Crippen molar-refractivity contribution in [1.29, 1.82) is 0 Å². The molecule has 2 aromatic carbocycles. The van der Waals surface area contributed by atoms with E-state index in [0.29, 0.717) is 6.61 Å². The van der Waals surface area contributed by atoms with Crippen molar-refractivity contribution >= 4 is 0 Å². The quantitative estimate of drug-likeness (QED) is 0.502. The normalized spacial score (nSPS) is 13.7. The van der Waals surface area contributed by atoms with Crippen LogP contribution in [0.4, 0.5) is 0 Å². The van der Waals surface area contributed by atoms with E-state index < -0.39 is 5.60 Å². The van der Waals surface area contributed by atoms with Crippen molar-refractivity contribution in [3.63, 3.8) is 0 Å². The minimum atomic E-state index is -0.423. The second kappa shape index (κ2) is 8.70.